The smallest absolute Gasteiger partial charge is 0.338 e. The molecule has 0 spiro atoms. The van der Waals surface area contributed by atoms with Gasteiger partial charge < -0.3 is 15.2 Å². The maximum absolute atomic E-state index is 15.5. The van der Waals surface area contributed by atoms with E-state index in [2.05, 4.69) is 10.3 Å². The highest BCUT2D eigenvalue weighted by Gasteiger charge is 2.63. The number of nitrogens with one attached hydrogen (secondary N) is 1. The zero-order valence-electron chi connectivity index (χ0n) is 25.0. The monoisotopic (exact) mass is 647 g/mol. The van der Waals surface area contributed by atoms with Crippen molar-refractivity contribution < 1.29 is 42.2 Å². The Labute approximate surface area is 260 Å². The van der Waals surface area contributed by atoms with Gasteiger partial charge in [0.1, 0.15) is 17.9 Å². The summed E-state index contributed by atoms with van der Waals surface area (Å²) in [6, 6.07) is 1.83. The molecule has 3 aliphatic heterocycles. The fourth-order valence-electron chi connectivity index (χ4n) is 5.88. The van der Waals surface area contributed by atoms with Crippen molar-refractivity contribution in [1.29, 1.82) is 0 Å². The van der Waals surface area contributed by atoms with Crippen LogP contribution in [-0.2, 0) is 23.9 Å². The number of nitrogens with zero attached hydrogens (tertiary/aromatic N) is 4. The third-order valence-electron chi connectivity index (χ3n) is 8.32. The number of thiazole rings is 1. The van der Waals surface area contributed by atoms with Crippen LogP contribution in [0.3, 0.4) is 0 Å². The molecule has 1 aromatic carbocycles. The maximum Gasteiger partial charge on any atom is 0.338 e. The van der Waals surface area contributed by atoms with Crippen molar-refractivity contribution in [3.8, 4) is 0 Å². The van der Waals surface area contributed by atoms with Gasteiger partial charge in [-0.15, -0.1) is 11.3 Å². The summed E-state index contributed by atoms with van der Waals surface area (Å²) in [5.41, 5.74) is -0.865. The molecule has 2 N–H and O–H groups in total. The Balaban J connectivity index is 1.55. The van der Waals surface area contributed by atoms with Crippen LogP contribution < -0.4 is 5.32 Å². The molecule has 45 heavy (non-hydrogen) atoms. The van der Waals surface area contributed by atoms with Gasteiger partial charge in [0.2, 0.25) is 11.8 Å². The zero-order chi connectivity index (χ0) is 32.8. The van der Waals surface area contributed by atoms with E-state index < -0.39 is 78.4 Å². The van der Waals surface area contributed by atoms with Crippen molar-refractivity contribution >= 4 is 40.9 Å². The first-order valence-electron chi connectivity index (χ1n) is 14.3. The molecule has 2 amide bonds. The fraction of sp³-hybridized carbons (Fsp3) is 0.467. The molecule has 3 atom stereocenters. The van der Waals surface area contributed by atoms with Gasteiger partial charge in [-0.25, -0.2) is 22.9 Å². The number of imide groups is 1. The second kappa shape index (κ2) is 12.0. The molecule has 1 aromatic heterocycles. The largest absolute Gasteiger partial charge is 0.481 e. The zero-order valence-corrected chi connectivity index (χ0v) is 25.8. The minimum atomic E-state index is -3.39. The van der Waals surface area contributed by atoms with Crippen LogP contribution in [-0.4, -0.2) is 87.7 Å². The molecular weight excluding hydrogens is 615 g/mol. The van der Waals surface area contributed by atoms with E-state index in [-0.39, 0.29) is 35.8 Å². The summed E-state index contributed by atoms with van der Waals surface area (Å²) in [5, 5.41) is 14.6. The Morgan fingerprint density at radius 2 is 2.00 bits per heavy atom. The van der Waals surface area contributed by atoms with E-state index in [0.717, 1.165) is 0 Å². The highest BCUT2D eigenvalue weighted by Crippen LogP contribution is 2.44. The minimum Gasteiger partial charge on any atom is -0.481 e. The molecule has 0 radical (unpaired) electrons. The number of halogens is 3. The summed E-state index contributed by atoms with van der Waals surface area (Å²) in [6.07, 6.45) is 0.984. The number of carboxylic acid groups (broad SMARTS) is 1. The standard InChI is InChI=1S/C30H32F3N5O6S/c1-5-44-27(41)21-19(35-24(25-34-9-10-45-25)36-22(21)16-7-6-8-18(31)15(16)2)13-37-14-30(32,33)17-12-38(26(40)23(17)37)20(39)11-29(3,4)28(42)43/h6-10,17,22-23H,5,11-14H2,1-4H3,(H,35,36)(H,42,43)/t17?,22-,23?/m0/s1. The third kappa shape index (κ3) is 5.98. The number of aliphatic carboxylic acids is 1. The number of rotatable bonds is 9. The van der Waals surface area contributed by atoms with E-state index in [1.807, 2.05) is 0 Å². The van der Waals surface area contributed by atoms with Gasteiger partial charge in [0.15, 0.2) is 10.8 Å². The van der Waals surface area contributed by atoms with Gasteiger partial charge >= 0.3 is 11.9 Å². The molecule has 2 fully saturated rings. The number of esters is 1. The summed E-state index contributed by atoms with van der Waals surface area (Å²) in [7, 11) is 0. The molecule has 11 nitrogen and oxygen atoms in total. The summed E-state index contributed by atoms with van der Waals surface area (Å²) in [4.78, 5) is 62.5. The average Bonchev–Trinajstić information content (AvgIpc) is 3.67. The lowest BCUT2D eigenvalue weighted by Gasteiger charge is -2.31. The SMILES string of the molecule is CCOC(=O)C1=C(CN2CC(F)(F)C3CN(C(=O)CC(C)(C)C(=O)O)C(=O)C32)NC(c2nccs2)=N[C@H]1c1cccc(F)c1C. The van der Waals surface area contributed by atoms with Gasteiger partial charge in [0.25, 0.3) is 5.92 Å². The van der Waals surface area contributed by atoms with E-state index >= 15 is 8.78 Å². The quantitative estimate of drug-likeness (QED) is 0.392. The Kier molecular flexibility index (Phi) is 8.61. The van der Waals surface area contributed by atoms with E-state index in [1.165, 1.54) is 55.3 Å². The van der Waals surface area contributed by atoms with Gasteiger partial charge in [0.05, 0.1) is 30.1 Å². The molecule has 5 rings (SSSR count). The summed E-state index contributed by atoms with van der Waals surface area (Å²) in [5.74, 6) is -9.05. The van der Waals surface area contributed by atoms with Crippen molar-refractivity contribution in [2.45, 2.75) is 52.1 Å². The molecule has 15 heteroatoms. The van der Waals surface area contributed by atoms with E-state index in [1.54, 1.807) is 18.4 Å². The van der Waals surface area contributed by atoms with Crippen molar-refractivity contribution in [3.63, 3.8) is 0 Å². The van der Waals surface area contributed by atoms with Crippen molar-refractivity contribution in [3.05, 3.63) is 63.0 Å². The highest BCUT2D eigenvalue weighted by molar-refractivity contribution is 7.11. The van der Waals surface area contributed by atoms with E-state index in [4.69, 9.17) is 9.73 Å². The van der Waals surface area contributed by atoms with Crippen molar-refractivity contribution in [2.75, 3.05) is 26.2 Å². The van der Waals surface area contributed by atoms with Crippen LogP contribution >= 0.6 is 11.3 Å². The number of aliphatic imine (C=N–C) groups is 1. The Morgan fingerprint density at radius 3 is 2.64 bits per heavy atom. The second-order valence-electron chi connectivity index (χ2n) is 11.8. The molecule has 2 aromatic rings. The van der Waals surface area contributed by atoms with Gasteiger partial charge in [-0.1, -0.05) is 12.1 Å². The van der Waals surface area contributed by atoms with Crippen LogP contribution in [0.4, 0.5) is 13.2 Å². The number of aromatic nitrogens is 1. The normalized spacial score (nSPS) is 23.1. The van der Waals surface area contributed by atoms with Crippen LogP contribution in [0.2, 0.25) is 0 Å². The van der Waals surface area contributed by atoms with Crippen LogP contribution in [0, 0.1) is 24.1 Å². The van der Waals surface area contributed by atoms with Crippen LogP contribution in [0.15, 0.2) is 46.0 Å². The van der Waals surface area contributed by atoms with Crippen LogP contribution in [0.1, 0.15) is 49.4 Å². The molecule has 0 aliphatic carbocycles. The first kappa shape index (κ1) is 32.3. The molecule has 0 saturated carbocycles. The highest BCUT2D eigenvalue weighted by atomic mass is 32.1. The fourth-order valence-corrected chi connectivity index (χ4v) is 6.46. The van der Waals surface area contributed by atoms with Crippen molar-refractivity contribution in [1.82, 2.24) is 20.1 Å². The van der Waals surface area contributed by atoms with Gasteiger partial charge in [-0.2, -0.15) is 0 Å². The Morgan fingerprint density at radius 1 is 1.27 bits per heavy atom. The Bertz CT molecular complexity index is 1610. The van der Waals surface area contributed by atoms with Gasteiger partial charge in [-0.05, 0) is 44.9 Å². The first-order chi connectivity index (χ1) is 21.2. The number of carbonyl (C=O) groups is 4. The lowest BCUT2D eigenvalue weighted by atomic mass is 9.89. The molecule has 4 heterocycles. The Hall–Kier alpha value is -4.11. The minimum absolute atomic E-state index is 0.0117. The predicted octanol–water partition coefficient (Wildman–Crippen LogP) is 3.30. The van der Waals surface area contributed by atoms with Crippen LogP contribution in [0.5, 0.6) is 0 Å². The number of amides is 2. The number of hydrogen-bond acceptors (Lipinski definition) is 10. The summed E-state index contributed by atoms with van der Waals surface area (Å²) >= 11 is 1.23. The molecular formula is C30H32F3N5O6S. The number of likely N-dealkylation sites (tertiary alicyclic amines) is 2. The van der Waals surface area contributed by atoms with Crippen molar-refractivity contribution in [2.24, 2.45) is 16.3 Å². The molecule has 2 saturated heterocycles. The second-order valence-corrected chi connectivity index (χ2v) is 12.7. The molecule has 3 aliphatic rings. The predicted molar refractivity (Wildman–Crippen MR) is 156 cm³/mol. The molecule has 240 valence electrons. The van der Waals surface area contributed by atoms with E-state index in [9.17, 15) is 28.7 Å². The number of hydrogen-bond donors (Lipinski definition) is 2. The number of fused-ring (bicyclic) bond motifs is 1. The lowest BCUT2D eigenvalue weighted by molar-refractivity contribution is -0.154. The van der Waals surface area contributed by atoms with Gasteiger partial charge in [-0.3, -0.25) is 29.2 Å². The summed E-state index contributed by atoms with van der Waals surface area (Å²) < 4.78 is 51.0. The molecule has 0 bridgehead atoms. The number of alkyl halides is 2. The average molecular weight is 648 g/mol. The summed E-state index contributed by atoms with van der Waals surface area (Å²) in [6.45, 7) is 3.96. The molecule has 2 unspecified atom stereocenters. The topological polar surface area (TPSA) is 142 Å². The number of ether oxygens (including phenoxy) is 1. The van der Waals surface area contributed by atoms with Gasteiger partial charge in [0, 0.05) is 36.8 Å². The number of carboxylic acids is 1. The first-order valence-corrected chi connectivity index (χ1v) is 15.1. The lowest BCUT2D eigenvalue weighted by Crippen LogP contribution is -2.47. The number of amidine groups is 1. The number of carbonyl (C=O) groups excluding carboxylic acids is 3. The maximum atomic E-state index is 15.5. The number of benzene rings is 1. The van der Waals surface area contributed by atoms with Crippen LogP contribution in [0.25, 0.3) is 0 Å². The third-order valence-corrected chi connectivity index (χ3v) is 9.10. The van der Waals surface area contributed by atoms with E-state index in [0.29, 0.717) is 15.5 Å².